The largest absolute Gasteiger partial charge is 0.377 e. The number of nitrogens with zero attached hydrogens (tertiary/aromatic N) is 1. The summed E-state index contributed by atoms with van der Waals surface area (Å²) in [5.41, 5.74) is 8.51. The van der Waals surface area contributed by atoms with Gasteiger partial charge in [-0.3, -0.25) is 0 Å². The van der Waals surface area contributed by atoms with Gasteiger partial charge in [0, 0.05) is 29.7 Å². The number of benzene rings is 1. The molecule has 0 spiro atoms. The highest BCUT2D eigenvalue weighted by Crippen LogP contribution is 2.21. The Hall–Kier alpha value is -1.32. The van der Waals surface area contributed by atoms with Crippen LogP contribution in [0.4, 0.5) is 0 Å². The van der Waals surface area contributed by atoms with Gasteiger partial charge in [-0.15, -0.1) is 0 Å². The Morgan fingerprint density at radius 3 is 2.68 bits per heavy atom. The molecule has 0 aliphatic carbocycles. The van der Waals surface area contributed by atoms with Crippen LogP contribution in [0.5, 0.6) is 0 Å². The second-order valence-electron chi connectivity index (χ2n) is 5.46. The molecule has 19 heavy (non-hydrogen) atoms. The molecule has 0 amide bonds. The Bertz CT molecular complexity index is 529. The Labute approximate surface area is 115 Å². The minimum atomic E-state index is 0.193. The summed E-state index contributed by atoms with van der Waals surface area (Å²) >= 11 is 0. The van der Waals surface area contributed by atoms with Crippen molar-refractivity contribution in [2.45, 2.75) is 45.9 Å². The van der Waals surface area contributed by atoms with Crippen LogP contribution in [0.25, 0.3) is 10.9 Å². The van der Waals surface area contributed by atoms with Crippen LogP contribution in [0.15, 0.2) is 30.5 Å². The molecule has 0 aliphatic rings. The van der Waals surface area contributed by atoms with Gasteiger partial charge in [0.15, 0.2) is 0 Å². The molecule has 0 aliphatic heterocycles. The maximum absolute atomic E-state index is 5.91. The van der Waals surface area contributed by atoms with Gasteiger partial charge in [-0.2, -0.15) is 0 Å². The molecular weight excluding hydrogens is 236 g/mol. The van der Waals surface area contributed by atoms with Gasteiger partial charge in [0.1, 0.15) is 0 Å². The highest BCUT2D eigenvalue weighted by atomic mass is 16.5. The molecule has 0 bridgehead atoms. The highest BCUT2D eigenvalue weighted by molar-refractivity contribution is 5.83. The third-order valence-corrected chi connectivity index (χ3v) is 3.23. The first-order valence-electron chi connectivity index (χ1n) is 7.02. The average molecular weight is 260 g/mol. The van der Waals surface area contributed by atoms with Crippen molar-refractivity contribution in [3.8, 4) is 0 Å². The second-order valence-corrected chi connectivity index (χ2v) is 5.46. The Kier molecular flexibility index (Phi) is 4.61. The van der Waals surface area contributed by atoms with Crippen molar-refractivity contribution in [3.63, 3.8) is 0 Å². The van der Waals surface area contributed by atoms with E-state index < -0.39 is 0 Å². The summed E-state index contributed by atoms with van der Waals surface area (Å²) in [6.45, 7) is 7.82. The summed E-state index contributed by atoms with van der Waals surface area (Å²) in [6.07, 6.45) is 3.35. The first kappa shape index (κ1) is 14.1. The van der Waals surface area contributed by atoms with Gasteiger partial charge in [0.05, 0.1) is 12.7 Å². The number of nitrogens with two attached hydrogens (primary N) is 1. The summed E-state index contributed by atoms with van der Waals surface area (Å²) in [7, 11) is 0. The summed E-state index contributed by atoms with van der Waals surface area (Å²) in [5.74, 6) is 0. The van der Waals surface area contributed by atoms with E-state index in [9.17, 15) is 0 Å². The van der Waals surface area contributed by atoms with E-state index in [0.29, 0.717) is 0 Å². The molecule has 2 N–H and O–H groups in total. The molecule has 0 saturated heterocycles. The van der Waals surface area contributed by atoms with Gasteiger partial charge in [0.2, 0.25) is 0 Å². The molecule has 104 valence electrons. The average Bonchev–Trinajstić information content (AvgIpc) is 2.73. The molecule has 2 aromatic rings. The predicted octanol–water partition coefficient (Wildman–Crippen LogP) is 2.96. The molecular formula is C16H24N2O. The first-order chi connectivity index (χ1) is 9.08. The number of hydrogen-bond acceptors (Lipinski definition) is 2. The summed E-state index contributed by atoms with van der Waals surface area (Å²) < 4.78 is 7.87. The number of ether oxygens (including phenoxy) is 1. The lowest BCUT2D eigenvalue weighted by atomic mass is 10.0. The molecule has 3 heteroatoms. The molecule has 0 radical (unpaired) electrons. The quantitative estimate of drug-likeness (QED) is 0.867. The molecule has 1 aromatic heterocycles. The fourth-order valence-electron chi connectivity index (χ4n) is 2.39. The molecule has 1 unspecified atom stereocenters. The van der Waals surface area contributed by atoms with Gasteiger partial charge in [-0.25, -0.2) is 0 Å². The smallest absolute Gasteiger partial charge is 0.0649 e. The number of rotatable bonds is 6. The lowest BCUT2D eigenvalue weighted by Gasteiger charge is -2.10. The third kappa shape index (κ3) is 3.58. The molecule has 1 atom stereocenters. The van der Waals surface area contributed by atoms with Gasteiger partial charge in [-0.1, -0.05) is 12.1 Å². The molecule has 1 aromatic carbocycles. The normalized spacial score (nSPS) is 13.3. The molecule has 3 nitrogen and oxygen atoms in total. The number of hydrogen-bond donors (Lipinski definition) is 1. The summed E-state index contributed by atoms with van der Waals surface area (Å²) in [6, 6.07) is 8.82. The van der Waals surface area contributed by atoms with E-state index in [1.807, 2.05) is 6.92 Å². The van der Waals surface area contributed by atoms with E-state index in [2.05, 4.69) is 48.9 Å². The zero-order valence-corrected chi connectivity index (χ0v) is 12.1. The van der Waals surface area contributed by atoms with Crippen LogP contribution in [0.2, 0.25) is 0 Å². The second kappa shape index (κ2) is 6.22. The number of aromatic nitrogens is 1. The number of fused-ring (bicyclic) bond motifs is 1. The lowest BCUT2D eigenvalue weighted by Crippen LogP contribution is -2.17. The van der Waals surface area contributed by atoms with Crippen LogP contribution < -0.4 is 5.73 Å². The van der Waals surface area contributed by atoms with Crippen LogP contribution in [0.1, 0.15) is 26.3 Å². The van der Waals surface area contributed by atoms with Crippen molar-refractivity contribution < 1.29 is 4.74 Å². The van der Waals surface area contributed by atoms with Crippen LogP contribution in [-0.2, 0) is 17.7 Å². The third-order valence-electron chi connectivity index (χ3n) is 3.23. The fraction of sp³-hybridized carbons (Fsp3) is 0.500. The standard InChI is InChI=1S/C16H24N2O/c1-12(2)19-10-9-18-8-7-15-14(11-13(3)17)5-4-6-16(15)18/h4-8,12-13H,9-11,17H2,1-3H3. The van der Waals surface area contributed by atoms with Gasteiger partial charge in [-0.05, 0) is 44.9 Å². The van der Waals surface area contributed by atoms with E-state index in [1.165, 1.54) is 16.5 Å². The molecule has 0 fully saturated rings. The highest BCUT2D eigenvalue weighted by Gasteiger charge is 2.07. The van der Waals surface area contributed by atoms with E-state index in [-0.39, 0.29) is 12.1 Å². The van der Waals surface area contributed by atoms with Crippen LogP contribution in [0.3, 0.4) is 0 Å². The van der Waals surface area contributed by atoms with E-state index >= 15 is 0 Å². The summed E-state index contributed by atoms with van der Waals surface area (Å²) in [4.78, 5) is 0. The Morgan fingerprint density at radius 2 is 2.00 bits per heavy atom. The molecule has 0 saturated carbocycles. The van der Waals surface area contributed by atoms with Crippen LogP contribution >= 0.6 is 0 Å². The van der Waals surface area contributed by atoms with Crippen LogP contribution in [0, 0.1) is 0 Å². The lowest BCUT2D eigenvalue weighted by molar-refractivity contribution is 0.0733. The Balaban J connectivity index is 2.18. The van der Waals surface area contributed by atoms with Gasteiger partial charge < -0.3 is 15.0 Å². The first-order valence-corrected chi connectivity index (χ1v) is 7.02. The molecule has 1 heterocycles. The summed E-state index contributed by atoms with van der Waals surface area (Å²) in [5, 5.41) is 1.31. The van der Waals surface area contributed by atoms with Gasteiger partial charge in [0.25, 0.3) is 0 Å². The SMILES string of the molecule is CC(N)Cc1cccc2c1ccn2CCOC(C)C. The van der Waals surface area contributed by atoms with Crippen molar-refractivity contribution in [3.05, 3.63) is 36.0 Å². The topological polar surface area (TPSA) is 40.2 Å². The van der Waals surface area contributed by atoms with Crippen LogP contribution in [-0.4, -0.2) is 23.3 Å². The van der Waals surface area contributed by atoms with E-state index in [4.69, 9.17) is 10.5 Å². The van der Waals surface area contributed by atoms with Gasteiger partial charge >= 0.3 is 0 Å². The van der Waals surface area contributed by atoms with Crippen molar-refractivity contribution in [2.75, 3.05) is 6.61 Å². The van der Waals surface area contributed by atoms with E-state index in [0.717, 1.165) is 19.6 Å². The predicted molar refractivity (Wildman–Crippen MR) is 80.4 cm³/mol. The minimum Gasteiger partial charge on any atom is -0.377 e. The fourth-order valence-corrected chi connectivity index (χ4v) is 2.39. The van der Waals surface area contributed by atoms with Crippen molar-refractivity contribution in [1.29, 1.82) is 0 Å². The molecule has 2 rings (SSSR count). The van der Waals surface area contributed by atoms with E-state index in [1.54, 1.807) is 0 Å². The monoisotopic (exact) mass is 260 g/mol. The minimum absolute atomic E-state index is 0.193. The maximum Gasteiger partial charge on any atom is 0.0649 e. The Morgan fingerprint density at radius 1 is 1.21 bits per heavy atom. The van der Waals surface area contributed by atoms with Crippen molar-refractivity contribution >= 4 is 10.9 Å². The maximum atomic E-state index is 5.91. The van der Waals surface area contributed by atoms with Crippen molar-refractivity contribution in [1.82, 2.24) is 4.57 Å². The zero-order chi connectivity index (χ0) is 13.8. The zero-order valence-electron chi connectivity index (χ0n) is 12.1. The van der Waals surface area contributed by atoms with Crippen molar-refractivity contribution in [2.24, 2.45) is 5.73 Å².